The number of amides is 2. The van der Waals surface area contributed by atoms with Crippen molar-refractivity contribution in [1.29, 1.82) is 0 Å². The fraction of sp³-hybridized carbons (Fsp3) is 0.500. The highest BCUT2D eigenvalue weighted by molar-refractivity contribution is 5.93. The van der Waals surface area contributed by atoms with E-state index >= 15 is 0 Å². The van der Waals surface area contributed by atoms with Gasteiger partial charge >= 0.3 is 12.0 Å². The van der Waals surface area contributed by atoms with Crippen LogP contribution in [0.25, 0.3) is 0 Å². The van der Waals surface area contributed by atoms with Gasteiger partial charge in [-0.2, -0.15) is 0 Å². The molecule has 2 rings (SSSR count). The second-order valence-corrected chi connectivity index (χ2v) is 5.75. The lowest BCUT2D eigenvalue weighted by atomic mass is 9.94. The summed E-state index contributed by atoms with van der Waals surface area (Å²) in [5.74, 6) is -0.399. The van der Waals surface area contributed by atoms with Crippen molar-refractivity contribution in [2.24, 2.45) is 5.92 Å². The van der Waals surface area contributed by atoms with E-state index in [1.54, 1.807) is 11.9 Å². The van der Waals surface area contributed by atoms with Gasteiger partial charge < -0.3 is 10.0 Å². The summed E-state index contributed by atoms with van der Waals surface area (Å²) < 4.78 is 0. The van der Waals surface area contributed by atoms with Gasteiger partial charge in [-0.3, -0.25) is 9.69 Å². The van der Waals surface area contributed by atoms with Gasteiger partial charge in [0.1, 0.15) is 0 Å². The number of benzene rings is 1. The van der Waals surface area contributed by atoms with Crippen molar-refractivity contribution in [3.63, 3.8) is 0 Å². The van der Waals surface area contributed by atoms with E-state index in [2.05, 4.69) is 13.0 Å². The number of hydrogen-bond donors (Lipinski definition) is 1. The number of carboxylic acids is 1. The van der Waals surface area contributed by atoms with Crippen LogP contribution in [0.2, 0.25) is 0 Å². The largest absolute Gasteiger partial charge is 0.481 e. The minimum atomic E-state index is -0.826. The Labute approximate surface area is 125 Å². The molecule has 1 unspecified atom stereocenters. The number of carboxylic acid groups (broad SMARTS) is 1. The van der Waals surface area contributed by atoms with Gasteiger partial charge in [0.15, 0.2) is 0 Å². The molecule has 1 heterocycles. The van der Waals surface area contributed by atoms with Crippen LogP contribution in [0.4, 0.5) is 10.5 Å². The van der Waals surface area contributed by atoms with E-state index in [0.717, 1.165) is 12.1 Å². The maximum Gasteiger partial charge on any atom is 0.324 e. The molecule has 0 spiro atoms. The molecular weight excluding hydrogens is 268 g/mol. The average Bonchev–Trinajstić information content (AvgIpc) is 2.45. The third kappa shape index (κ3) is 3.74. The smallest absolute Gasteiger partial charge is 0.324 e. The molecule has 0 aliphatic carbocycles. The van der Waals surface area contributed by atoms with E-state index in [1.807, 2.05) is 23.1 Å². The van der Waals surface area contributed by atoms with Gasteiger partial charge in [-0.05, 0) is 30.4 Å². The third-order valence-corrected chi connectivity index (χ3v) is 3.79. The second kappa shape index (κ2) is 6.61. The molecule has 21 heavy (non-hydrogen) atoms. The fourth-order valence-electron chi connectivity index (χ4n) is 2.75. The summed E-state index contributed by atoms with van der Waals surface area (Å²) in [6.45, 7) is 3.30. The first-order valence-electron chi connectivity index (χ1n) is 7.31. The molecule has 1 aromatic rings. The molecule has 1 aliphatic heterocycles. The highest BCUT2D eigenvalue weighted by atomic mass is 16.4. The average molecular weight is 290 g/mol. The Morgan fingerprint density at radius 1 is 1.38 bits per heavy atom. The molecule has 114 valence electrons. The van der Waals surface area contributed by atoms with E-state index in [-0.39, 0.29) is 12.5 Å². The third-order valence-electron chi connectivity index (χ3n) is 3.79. The Morgan fingerprint density at radius 2 is 2.10 bits per heavy atom. The Balaban J connectivity index is 2.06. The normalized spacial score (nSPS) is 17.2. The lowest BCUT2D eigenvalue weighted by Gasteiger charge is -2.35. The summed E-state index contributed by atoms with van der Waals surface area (Å²) in [5, 5.41) is 8.66. The number of carbonyl (C=O) groups is 2. The number of para-hydroxylation sites is 1. The van der Waals surface area contributed by atoms with Crippen LogP contribution in [-0.4, -0.2) is 42.1 Å². The number of urea groups is 1. The van der Waals surface area contributed by atoms with Gasteiger partial charge in [0.25, 0.3) is 0 Å². The molecule has 0 radical (unpaired) electrons. The van der Waals surface area contributed by atoms with Crippen LogP contribution in [0.3, 0.4) is 0 Å². The second-order valence-electron chi connectivity index (χ2n) is 5.75. The number of fused-ring (bicyclic) bond motifs is 1. The van der Waals surface area contributed by atoms with Crippen molar-refractivity contribution in [3.8, 4) is 0 Å². The van der Waals surface area contributed by atoms with Gasteiger partial charge in [-0.15, -0.1) is 0 Å². The first kappa shape index (κ1) is 15.4. The van der Waals surface area contributed by atoms with E-state index in [4.69, 9.17) is 5.11 Å². The predicted octanol–water partition coefficient (Wildman–Crippen LogP) is 2.60. The van der Waals surface area contributed by atoms with Gasteiger partial charge in [0.05, 0.1) is 0 Å². The quantitative estimate of drug-likeness (QED) is 0.927. The van der Waals surface area contributed by atoms with Gasteiger partial charge in [-0.1, -0.05) is 25.1 Å². The van der Waals surface area contributed by atoms with E-state index < -0.39 is 5.97 Å². The van der Waals surface area contributed by atoms with Crippen LogP contribution in [-0.2, 0) is 11.2 Å². The summed E-state index contributed by atoms with van der Waals surface area (Å²) in [6.07, 6.45) is 1.55. The van der Waals surface area contributed by atoms with E-state index in [9.17, 15) is 9.59 Å². The Hall–Kier alpha value is -2.04. The number of aliphatic carboxylic acids is 1. The van der Waals surface area contributed by atoms with Crippen LogP contribution >= 0.6 is 0 Å². The topological polar surface area (TPSA) is 60.9 Å². The molecule has 5 heteroatoms. The molecule has 1 aromatic carbocycles. The van der Waals surface area contributed by atoms with Crippen LogP contribution in [0.15, 0.2) is 24.3 Å². The lowest BCUT2D eigenvalue weighted by Crippen LogP contribution is -2.46. The number of carbonyl (C=O) groups excluding carboxylic acids is 1. The van der Waals surface area contributed by atoms with Gasteiger partial charge in [0, 0.05) is 32.2 Å². The van der Waals surface area contributed by atoms with Crippen LogP contribution in [0, 0.1) is 5.92 Å². The minimum Gasteiger partial charge on any atom is -0.481 e. The standard InChI is InChI=1S/C16H22N2O3/c1-12-10-13-6-3-4-7-14(13)18(11-12)16(21)17(2)9-5-8-15(19)20/h3-4,6-7,12H,5,8-11H2,1-2H3,(H,19,20). The molecule has 0 aromatic heterocycles. The SMILES string of the molecule is CC1Cc2ccccc2N(C(=O)N(C)CCCC(=O)O)C1. The lowest BCUT2D eigenvalue weighted by molar-refractivity contribution is -0.137. The molecular formula is C16H22N2O3. The summed E-state index contributed by atoms with van der Waals surface area (Å²) in [5.41, 5.74) is 2.18. The first-order valence-corrected chi connectivity index (χ1v) is 7.31. The monoisotopic (exact) mass is 290 g/mol. The zero-order valence-corrected chi connectivity index (χ0v) is 12.6. The zero-order chi connectivity index (χ0) is 15.4. The molecule has 0 saturated carbocycles. The highest BCUT2D eigenvalue weighted by Crippen LogP contribution is 2.30. The van der Waals surface area contributed by atoms with Gasteiger partial charge in [0.2, 0.25) is 0 Å². The van der Waals surface area contributed by atoms with Crippen molar-refractivity contribution in [3.05, 3.63) is 29.8 Å². The minimum absolute atomic E-state index is 0.0561. The predicted molar refractivity (Wildman–Crippen MR) is 81.6 cm³/mol. The molecule has 0 saturated heterocycles. The highest BCUT2D eigenvalue weighted by Gasteiger charge is 2.27. The molecule has 1 aliphatic rings. The maximum atomic E-state index is 12.6. The van der Waals surface area contributed by atoms with Crippen molar-refractivity contribution in [2.75, 3.05) is 25.0 Å². The summed E-state index contributed by atoms with van der Waals surface area (Å²) in [6, 6.07) is 7.93. The fourth-order valence-corrected chi connectivity index (χ4v) is 2.75. The number of rotatable bonds is 4. The van der Waals surface area contributed by atoms with E-state index in [0.29, 0.717) is 25.4 Å². The number of anilines is 1. The summed E-state index contributed by atoms with van der Waals surface area (Å²) >= 11 is 0. The van der Waals surface area contributed by atoms with Crippen molar-refractivity contribution >= 4 is 17.7 Å². The van der Waals surface area contributed by atoms with Crippen molar-refractivity contribution in [1.82, 2.24) is 4.90 Å². The molecule has 0 fully saturated rings. The molecule has 0 bridgehead atoms. The first-order chi connectivity index (χ1) is 9.99. The molecule has 1 atom stereocenters. The number of hydrogen-bond acceptors (Lipinski definition) is 2. The van der Waals surface area contributed by atoms with Crippen molar-refractivity contribution in [2.45, 2.75) is 26.2 Å². The van der Waals surface area contributed by atoms with Crippen molar-refractivity contribution < 1.29 is 14.7 Å². The molecule has 5 nitrogen and oxygen atoms in total. The summed E-state index contributed by atoms with van der Waals surface area (Å²) in [4.78, 5) is 26.6. The van der Waals surface area contributed by atoms with E-state index in [1.165, 1.54) is 5.56 Å². The van der Waals surface area contributed by atoms with Crippen LogP contribution in [0.1, 0.15) is 25.3 Å². The van der Waals surface area contributed by atoms with Crippen LogP contribution in [0.5, 0.6) is 0 Å². The Kier molecular flexibility index (Phi) is 4.83. The summed E-state index contributed by atoms with van der Waals surface area (Å²) in [7, 11) is 1.73. The number of nitrogens with zero attached hydrogens (tertiary/aromatic N) is 2. The van der Waals surface area contributed by atoms with Crippen LogP contribution < -0.4 is 4.90 Å². The van der Waals surface area contributed by atoms with Gasteiger partial charge in [-0.25, -0.2) is 4.79 Å². The molecule has 1 N–H and O–H groups in total. The Morgan fingerprint density at radius 3 is 2.81 bits per heavy atom. The maximum absolute atomic E-state index is 12.6. The molecule has 2 amide bonds. The zero-order valence-electron chi connectivity index (χ0n) is 12.6. The Bertz CT molecular complexity index is 530.